The van der Waals surface area contributed by atoms with Crippen molar-refractivity contribution in [2.75, 3.05) is 13.6 Å². The number of nitrogens with two attached hydrogens (primary N) is 1. The SMILES string of the molecule is CC(C)N(C)C(=O)CN. The van der Waals surface area contributed by atoms with Gasteiger partial charge in [-0.1, -0.05) is 0 Å². The molecule has 0 aromatic rings. The summed E-state index contributed by atoms with van der Waals surface area (Å²) in [5.74, 6) is -0.00926. The summed E-state index contributed by atoms with van der Waals surface area (Å²) in [7, 11) is 1.75. The molecule has 0 bridgehead atoms. The molecule has 3 heteroatoms. The van der Waals surface area contributed by atoms with Crippen molar-refractivity contribution in [3.8, 4) is 0 Å². The Kier molecular flexibility index (Phi) is 3.24. The fourth-order valence-electron chi connectivity index (χ4n) is 0.432. The Morgan fingerprint density at radius 3 is 2.22 bits per heavy atom. The summed E-state index contributed by atoms with van der Waals surface area (Å²) in [6.45, 7) is 4.01. The average Bonchev–Trinajstić information content (AvgIpc) is 1.84. The van der Waals surface area contributed by atoms with Gasteiger partial charge in [-0.15, -0.1) is 0 Å². The van der Waals surface area contributed by atoms with Crippen molar-refractivity contribution in [2.24, 2.45) is 5.73 Å². The van der Waals surface area contributed by atoms with Gasteiger partial charge in [-0.05, 0) is 13.8 Å². The third-order valence-corrected chi connectivity index (χ3v) is 1.34. The molecule has 2 N–H and O–H groups in total. The number of hydrogen-bond acceptors (Lipinski definition) is 2. The molecule has 0 unspecified atom stereocenters. The van der Waals surface area contributed by atoms with Gasteiger partial charge in [0.15, 0.2) is 0 Å². The normalized spacial score (nSPS) is 9.89. The Morgan fingerprint density at radius 1 is 1.67 bits per heavy atom. The highest BCUT2D eigenvalue weighted by atomic mass is 16.2. The van der Waals surface area contributed by atoms with Gasteiger partial charge in [0.25, 0.3) is 0 Å². The summed E-state index contributed by atoms with van der Waals surface area (Å²) in [5, 5.41) is 0. The van der Waals surface area contributed by atoms with E-state index < -0.39 is 0 Å². The number of carbonyl (C=O) groups excluding carboxylic acids is 1. The quantitative estimate of drug-likeness (QED) is 0.563. The maximum Gasteiger partial charge on any atom is 0.236 e. The van der Waals surface area contributed by atoms with Gasteiger partial charge < -0.3 is 10.6 Å². The molecule has 54 valence electrons. The minimum atomic E-state index is -0.00926. The lowest BCUT2D eigenvalue weighted by atomic mass is 10.3. The molecule has 0 aromatic heterocycles. The number of likely N-dealkylation sites (N-methyl/N-ethyl adjacent to an activating group) is 1. The molecule has 3 nitrogen and oxygen atoms in total. The predicted molar refractivity (Wildman–Crippen MR) is 37.0 cm³/mol. The smallest absolute Gasteiger partial charge is 0.236 e. The van der Waals surface area contributed by atoms with Gasteiger partial charge in [-0.3, -0.25) is 4.79 Å². The van der Waals surface area contributed by atoms with Crippen LogP contribution in [0.15, 0.2) is 0 Å². The lowest BCUT2D eigenvalue weighted by Crippen LogP contribution is -2.37. The maximum absolute atomic E-state index is 10.8. The largest absolute Gasteiger partial charge is 0.342 e. The molecule has 0 radical (unpaired) electrons. The van der Waals surface area contributed by atoms with Crippen LogP contribution in [-0.4, -0.2) is 30.4 Å². The van der Waals surface area contributed by atoms with Gasteiger partial charge in [-0.25, -0.2) is 0 Å². The van der Waals surface area contributed by atoms with Crippen LogP contribution in [-0.2, 0) is 4.79 Å². The Labute approximate surface area is 55.8 Å². The van der Waals surface area contributed by atoms with Crippen LogP contribution in [0, 0.1) is 0 Å². The van der Waals surface area contributed by atoms with E-state index in [4.69, 9.17) is 5.73 Å². The van der Waals surface area contributed by atoms with Gasteiger partial charge in [0.1, 0.15) is 0 Å². The van der Waals surface area contributed by atoms with Gasteiger partial charge in [0.2, 0.25) is 5.91 Å². The van der Waals surface area contributed by atoms with E-state index in [1.54, 1.807) is 11.9 Å². The van der Waals surface area contributed by atoms with E-state index in [1.807, 2.05) is 13.8 Å². The highest BCUT2D eigenvalue weighted by molar-refractivity contribution is 5.77. The molecule has 0 saturated heterocycles. The van der Waals surface area contributed by atoms with Crippen molar-refractivity contribution >= 4 is 5.91 Å². The van der Waals surface area contributed by atoms with E-state index in [-0.39, 0.29) is 18.5 Å². The lowest BCUT2D eigenvalue weighted by Gasteiger charge is -2.20. The van der Waals surface area contributed by atoms with E-state index in [9.17, 15) is 4.79 Å². The number of carbonyl (C=O) groups is 1. The molecular weight excluding hydrogens is 116 g/mol. The Balaban J connectivity index is 3.72. The molecule has 0 fully saturated rings. The summed E-state index contributed by atoms with van der Waals surface area (Å²) in [5.41, 5.74) is 5.12. The lowest BCUT2D eigenvalue weighted by molar-refractivity contribution is -0.129. The first kappa shape index (κ1) is 8.43. The highest BCUT2D eigenvalue weighted by Gasteiger charge is 2.07. The van der Waals surface area contributed by atoms with Crippen molar-refractivity contribution in [1.29, 1.82) is 0 Å². The topological polar surface area (TPSA) is 46.3 Å². The van der Waals surface area contributed by atoms with Crippen LogP contribution >= 0.6 is 0 Å². The van der Waals surface area contributed by atoms with Crippen molar-refractivity contribution < 1.29 is 4.79 Å². The van der Waals surface area contributed by atoms with Crippen LogP contribution in [0.5, 0.6) is 0 Å². The monoisotopic (exact) mass is 130 g/mol. The zero-order valence-electron chi connectivity index (χ0n) is 6.22. The van der Waals surface area contributed by atoms with Crippen LogP contribution in [0.1, 0.15) is 13.8 Å². The molecular formula is C6H14N2O. The second-order valence-electron chi connectivity index (χ2n) is 2.30. The van der Waals surface area contributed by atoms with Crippen LogP contribution in [0.3, 0.4) is 0 Å². The van der Waals surface area contributed by atoms with Gasteiger partial charge in [0.05, 0.1) is 6.54 Å². The Hall–Kier alpha value is -0.570. The highest BCUT2D eigenvalue weighted by Crippen LogP contribution is 1.91. The molecule has 0 atom stereocenters. The molecule has 0 aliphatic carbocycles. The van der Waals surface area contributed by atoms with Crippen molar-refractivity contribution in [3.63, 3.8) is 0 Å². The van der Waals surface area contributed by atoms with E-state index in [2.05, 4.69) is 0 Å². The number of rotatable bonds is 2. The van der Waals surface area contributed by atoms with Crippen LogP contribution in [0.4, 0.5) is 0 Å². The standard InChI is InChI=1S/C6H14N2O/c1-5(2)8(3)6(9)4-7/h5H,4,7H2,1-3H3. The molecule has 0 saturated carbocycles. The first-order valence-electron chi connectivity index (χ1n) is 3.05. The van der Waals surface area contributed by atoms with Crippen LogP contribution < -0.4 is 5.73 Å². The number of amides is 1. The summed E-state index contributed by atoms with van der Waals surface area (Å²) < 4.78 is 0. The zero-order chi connectivity index (χ0) is 7.44. The van der Waals surface area contributed by atoms with E-state index in [0.717, 1.165) is 0 Å². The van der Waals surface area contributed by atoms with Crippen molar-refractivity contribution in [2.45, 2.75) is 19.9 Å². The van der Waals surface area contributed by atoms with Crippen molar-refractivity contribution in [1.82, 2.24) is 4.90 Å². The van der Waals surface area contributed by atoms with Crippen LogP contribution in [0.25, 0.3) is 0 Å². The first-order valence-corrected chi connectivity index (χ1v) is 3.05. The predicted octanol–water partition coefficient (Wildman–Crippen LogP) is -0.188. The van der Waals surface area contributed by atoms with E-state index in [0.29, 0.717) is 0 Å². The fraction of sp³-hybridized carbons (Fsp3) is 0.833. The second kappa shape index (κ2) is 3.45. The third kappa shape index (κ3) is 2.46. The minimum absolute atomic E-state index is 0.00926. The second-order valence-corrected chi connectivity index (χ2v) is 2.30. The first-order chi connectivity index (χ1) is 4.09. The molecule has 1 amide bonds. The minimum Gasteiger partial charge on any atom is -0.342 e. The van der Waals surface area contributed by atoms with E-state index in [1.165, 1.54) is 0 Å². The number of hydrogen-bond donors (Lipinski definition) is 1. The zero-order valence-corrected chi connectivity index (χ0v) is 6.22. The summed E-state index contributed by atoms with van der Waals surface area (Å²) in [6.07, 6.45) is 0. The van der Waals surface area contributed by atoms with Gasteiger partial charge >= 0.3 is 0 Å². The molecule has 0 aromatic carbocycles. The molecule has 0 spiro atoms. The maximum atomic E-state index is 10.8. The van der Waals surface area contributed by atoms with Crippen LogP contribution in [0.2, 0.25) is 0 Å². The third-order valence-electron chi connectivity index (χ3n) is 1.34. The molecule has 9 heavy (non-hydrogen) atoms. The van der Waals surface area contributed by atoms with Crippen molar-refractivity contribution in [3.05, 3.63) is 0 Å². The molecule has 0 rings (SSSR count). The summed E-state index contributed by atoms with van der Waals surface area (Å²) in [6, 6.07) is 0.251. The summed E-state index contributed by atoms with van der Waals surface area (Å²) in [4.78, 5) is 12.4. The average molecular weight is 130 g/mol. The molecule has 0 heterocycles. The Morgan fingerprint density at radius 2 is 2.11 bits per heavy atom. The van der Waals surface area contributed by atoms with E-state index >= 15 is 0 Å². The van der Waals surface area contributed by atoms with Gasteiger partial charge in [-0.2, -0.15) is 0 Å². The molecule has 0 aliphatic rings. The number of nitrogens with zero attached hydrogens (tertiary/aromatic N) is 1. The van der Waals surface area contributed by atoms with Gasteiger partial charge in [0, 0.05) is 13.1 Å². The molecule has 0 aliphatic heterocycles. The summed E-state index contributed by atoms with van der Waals surface area (Å²) >= 11 is 0. The Bertz CT molecular complexity index is 101. The fourth-order valence-corrected chi connectivity index (χ4v) is 0.432.